The summed E-state index contributed by atoms with van der Waals surface area (Å²) in [7, 11) is -3.05. The molecule has 0 bridgehead atoms. The molecule has 122 valence electrons. The average molecular weight is 337 g/mol. The van der Waals surface area contributed by atoms with Crippen LogP contribution in [0, 0.1) is 6.92 Å². The van der Waals surface area contributed by atoms with Gasteiger partial charge in [0.15, 0.2) is 15.7 Å². The van der Waals surface area contributed by atoms with Crippen molar-refractivity contribution in [1.29, 1.82) is 0 Å². The van der Waals surface area contributed by atoms with Crippen LogP contribution in [0.25, 0.3) is 0 Å². The molecule has 1 unspecified atom stereocenters. The molecular formula is C13H15N5O4S. The first-order valence-corrected chi connectivity index (χ1v) is 8.77. The maximum Gasteiger partial charge on any atom is 0.270 e. The van der Waals surface area contributed by atoms with E-state index < -0.39 is 15.7 Å². The molecule has 0 radical (unpaired) electrons. The number of carbonyl (C=O) groups is 1. The molecule has 1 amide bonds. The van der Waals surface area contributed by atoms with Gasteiger partial charge >= 0.3 is 0 Å². The van der Waals surface area contributed by atoms with Crippen LogP contribution in [0.2, 0.25) is 0 Å². The van der Waals surface area contributed by atoms with E-state index in [0.717, 1.165) is 0 Å². The van der Waals surface area contributed by atoms with Gasteiger partial charge in [0.2, 0.25) is 0 Å². The lowest BCUT2D eigenvalue weighted by Crippen LogP contribution is -2.36. The summed E-state index contributed by atoms with van der Waals surface area (Å²) in [6.07, 6.45) is 1.66. The molecule has 0 aromatic carbocycles. The molecule has 3 rings (SSSR count). The number of hydrogen-bond acceptors (Lipinski definition) is 8. The molecule has 2 N–H and O–H groups in total. The van der Waals surface area contributed by atoms with Crippen LogP contribution in [-0.4, -0.2) is 47.0 Å². The predicted molar refractivity (Wildman–Crippen MR) is 81.1 cm³/mol. The minimum Gasteiger partial charge on any atom is -0.360 e. The van der Waals surface area contributed by atoms with Crippen molar-refractivity contribution in [3.05, 3.63) is 29.9 Å². The van der Waals surface area contributed by atoms with Crippen LogP contribution >= 0.6 is 0 Å². The van der Waals surface area contributed by atoms with Crippen molar-refractivity contribution in [2.24, 2.45) is 0 Å². The van der Waals surface area contributed by atoms with Crippen molar-refractivity contribution in [1.82, 2.24) is 20.4 Å². The first-order chi connectivity index (χ1) is 10.9. The van der Waals surface area contributed by atoms with Gasteiger partial charge in [0.1, 0.15) is 23.6 Å². The molecule has 0 spiro atoms. The van der Waals surface area contributed by atoms with Crippen molar-refractivity contribution in [2.75, 3.05) is 16.8 Å². The molecule has 10 heteroatoms. The van der Waals surface area contributed by atoms with Gasteiger partial charge in [-0.25, -0.2) is 18.4 Å². The molecule has 0 aliphatic carbocycles. The van der Waals surface area contributed by atoms with E-state index in [1.165, 1.54) is 12.4 Å². The Bertz CT molecular complexity index is 832. The fourth-order valence-corrected chi connectivity index (χ4v) is 3.95. The lowest BCUT2D eigenvalue weighted by molar-refractivity contribution is 0.0936. The first kappa shape index (κ1) is 15.4. The number of anilines is 2. The Kier molecular flexibility index (Phi) is 3.99. The van der Waals surface area contributed by atoms with Crippen LogP contribution in [0.1, 0.15) is 22.7 Å². The van der Waals surface area contributed by atoms with E-state index in [9.17, 15) is 13.2 Å². The average Bonchev–Trinajstić information content (AvgIpc) is 3.04. The molecule has 1 fully saturated rings. The van der Waals surface area contributed by atoms with E-state index in [0.29, 0.717) is 23.8 Å². The smallest absolute Gasteiger partial charge is 0.270 e. The summed E-state index contributed by atoms with van der Waals surface area (Å²) in [5.74, 6) is 1.12. The van der Waals surface area contributed by atoms with Gasteiger partial charge in [0.25, 0.3) is 5.91 Å². The summed E-state index contributed by atoms with van der Waals surface area (Å²) in [5, 5.41) is 9.34. The zero-order chi connectivity index (χ0) is 16.4. The summed E-state index contributed by atoms with van der Waals surface area (Å²) < 4.78 is 27.8. The fraction of sp³-hybridized carbons (Fsp3) is 0.385. The van der Waals surface area contributed by atoms with Crippen LogP contribution in [0.3, 0.4) is 0 Å². The molecule has 1 saturated heterocycles. The highest BCUT2D eigenvalue weighted by Gasteiger charge is 2.29. The number of carbonyl (C=O) groups excluding carboxylic acids is 1. The summed E-state index contributed by atoms with van der Waals surface area (Å²) in [5.41, 5.74) is 0.145. The van der Waals surface area contributed by atoms with Crippen molar-refractivity contribution in [3.63, 3.8) is 0 Å². The van der Waals surface area contributed by atoms with E-state index in [-0.39, 0.29) is 23.2 Å². The Balaban J connectivity index is 1.68. The SMILES string of the molecule is Cc1cc(Nc2cc(C(=O)NC3CCS(=O)(=O)C3)ncn2)no1. The summed E-state index contributed by atoms with van der Waals surface area (Å²) in [4.78, 5) is 20.1. The molecule has 2 aromatic rings. The summed E-state index contributed by atoms with van der Waals surface area (Å²) in [6, 6.07) is 2.77. The maximum atomic E-state index is 12.2. The third kappa shape index (κ3) is 3.83. The van der Waals surface area contributed by atoms with Crippen LogP contribution in [-0.2, 0) is 9.84 Å². The minimum absolute atomic E-state index is 0.0346. The fourth-order valence-electron chi connectivity index (χ4n) is 2.27. The molecule has 0 saturated carbocycles. The minimum atomic E-state index is -3.05. The molecule has 23 heavy (non-hydrogen) atoms. The Morgan fingerprint density at radius 2 is 2.13 bits per heavy atom. The van der Waals surface area contributed by atoms with Crippen LogP contribution in [0.15, 0.2) is 23.0 Å². The number of aryl methyl sites for hydroxylation is 1. The van der Waals surface area contributed by atoms with Crippen LogP contribution in [0.5, 0.6) is 0 Å². The second kappa shape index (κ2) is 5.95. The summed E-state index contributed by atoms with van der Waals surface area (Å²) in [6.45, 7) is 1.76. The third-order valence-electron chi connectivity index (χ3n) is 3.35. The maximum absolute atomic E-state index is 12.2. The lowest BCUT2D eigenvalue weighted by Gasteiger charge is -2.10. The number of rotatable bonds is 4. The van der Waals surface area contributed by atoms with Crippen molar-refractivity contribution < 1.29 is 17.7 Å². The van der Waals surface area contributed by atoms with Gasteiger partial charge in [-0.1, -0.05) is 5.16 Å². The standard InChI is InChI=1S/C13H15N5O4S/c1-8-4-12(18-22-8)17-11-5-10(14-7-15-11)13(19)16-9-2-3-23(20,21)6-9/h4-5,7,9H,2-3,6H2,1H3,(H,16,19)(H,14,15,17,18). The zero-order valence-corrected chi connectivity index (χ0v) is 13.1. The van der Waals surface area contributed by atoms with Crippen molar-refractivity contribution >= 4 is 27.4 Å². The number of hydrogen-bond donors (Lipinski definition) is 2. The van der Waals surface area contributed by atoms with Gasteiger partial charge < -0.3 is 15.2 Å². The Morgan fingerprint density at radius 3 is 2.78 bits per heavy atom. The largest absolute Gasteiger partial charge is 0.360 e. The molecular weight excluding hydrogens is 322 g/mol. The van der Waals surface area contributed by atoms with Gasteiger partial charge in [0.05, 0.1) is 11.5 Å². The Morgan fingerprint density at radius 1 is 1.30 bits per heavy atom. The molecule has 9 nitrogen and oxygen atoms in total. The predicted octanol–water partition coefficient (Wildman–Crippen LogP) is 0.434. The zero-order valence-electron chi connectivity index (χ0n) is 12.3. The monoisotopic (exact) mass is 337 g/mol. The van der Waals surface area contributed by atoms with Gasteiger partial charge in [-0.3, -0.25) is 4.79 Å². The van der Waals surface area contributed by atoms with E-state index in [2.05, 4.69) is 25.8 Å². The number of nitrogens with zero attached hydrogens (tertiary/aromatic N) is 3. The third-order valence-corrected chi connectivity index (χ3v) is 5.12. The Hall–Kier alpha value is -2.49. The lowest BCUT2D eigenvalue weighted by atomic mass is 10.2. The topological polar surface area (TPSA) is 127 Å². The van der Waals surface area contributed by atoms with Crippen molar-refractivity contribution in [2.45, 2.75) is 19.4 Å². The number of sulfone groups is 1. The molecule has 1 aliphatic rings. The van der Waals surface area contributed by atoms with Gasteiger partial charge in [-0.05, 0) is 13.3 Å². The summed E-state index contributed by atoms with van der Waals surface area (Å²) >= 11 is 0. The number of amides is 1. The van der Waals surface area contributed by atoms with E-state index in [1.54, 1.807) is 13.0 Å². The van der Waals surface area contributed by atoms with Crippen molar-refractivity contribution in [3.8, 4) is 0 Å². The second-order valence-corrected chi connectivity index (χ2v) is 7.54. The highest BCUT2D eigenvalue weighted by Crippen LogP contribution is 2.15. The second-order valence-electron chi connectivity index (χ2n) is 5.31. The van der Waals surface area contributed by atoms with Gasteiger partial charge in [0, 0.05) is 18.2 Å². The number of nitrogens with one attached hydrogen (secondary N) is 2. The number of aromatic nitrogens is 3. The molecule has 2 aromatic heterocycles. The van der Waals surface area contributed by atoms with Crippen LogP contribution in [0.4, 0.5) is 11.6 Å². The molecule has 3 heterocycles. The van der Waals surface area contributed by atoms with E-state index in [1.807, 2.05) is 0 Å². The first-order valence-electron chi connectivity index (χ1n) is 6.95. The van der Waals surface area contributed by atoms with Gasteiger partial charge in [-0.15, -0.1) is 0 Å². The highest BCUT2D eigenvalue weighted by molar-refractivity contribution is 7.91. The molecule has 1 aliphatic heterocycles. The van der Waals surface area contributed by atoms with E-state index >= 15 is 0 Å². The van der Waals surface area contributed by atoms with E-state index in [4.69, 9.17) is 4.52 Å². The molecule has 1 atom stereocenters. The normalized spacial score (nSPS) is 19.4. The Labute approximate surface area is 132 Å². The van der Waals surface area contributed by atoms with Gasteiger partial charge in [-0.2, -0.15) is 0 Å². The highest BCUT2D eigenvalue weighted by atomic mass is 32.2. The van der Waals surface area contributed by atoms with Crippen LogP contribution < -0.4 is 10.6 Å². The quantitative estimate of drug-likeness (QED) is 0.822.